The van der Waals surface area contributed by atoms with Gasteiger partial charge in [-0.25, -0.2) is 9.48 Å². The standard InChI is InChI=1S/C21H25N7O4/c1-14-10-17(25-32-14)13-28-15(2)20(24-26-28)23-21(30)22-16-11-19(29)27(12-16)8-9-31-18-6-4-3-5-7-18/h3-7,10,16H,8-9,11-13H2,1-2H3,(H2,22,23,30). The first-order valence-corrected chi connectivity index (χ1v) is 10.3. The summed E-state index contributed by atoms with van der Waals surface area (Å²) in [4.78, 5) is 26.4. The summed E-state index contributed by atoms with van der Waals surface area (Å²) in [6.45, 7) is 5.28. The van der Waals surface area contributed by atoms with E-state index in [2.05, 4.69) is 26.1 Å². The van der Waals surface area contributed by atoms with E-state index < -0.39 is 6.03 Å². The van der Waals surface area contributed by atoms with Gasteiger partial charge in [-0.1, -0.05) is 28.6 Å². The minimum absolute atomic E-state index is 0.0167. The molecule has 1 atom stereocenters. The number of amides is 3. The summed E-state index contributed by atoms with van der Waals surface area (Å²) in [5, 5.41) is 17.5. The molecule has 1 aliphatic heterocycles. The van der Waals surface area contributed by atoms with Crippen LogP contribution < -0.4 is 15.4 Å². The summed E-state index contributed by atoms with van der Waals surface area (Å²) in [5.41, 5.74) is 1.40. The van der Waals surface area contributed by atoms with Gasteiger partial charge >= 0.3 is 6.03 Å². The van der Waals surface area contributed by atoms with Gasteiger partial charge in [0.05, 0.1) is 24.8 Å². The van der Waals surface area contributed by atoms with Gasteiger partial charge < -0.3 is 19.5 Å². The molecule has 1 fully saturated rings. The second kappa shape index (κ2) is 9.50. The third kappa shape index (κ3) is 5.23. The average molecular weight is 439 g/mol. The Balaban J connectivity index is 1.24. The second-order valence-corrected chi connectivity index (χ2v) is 7.61. The third-order valence-electron chi connectivity index (χ3n) is 5.13. The summed E-state index contributed by atoms with van der Waals surface area (Å²) < 4.78 is 12.3. The van der Waals surface area contributed by atoms with E-state index in [-0.39, 0.29) is 18.4 Å². The third-order valence-corrected chi connectivity index (χ3v) is 5.13. The maximum absolute atomic E-state index is 12.4. The molecule has 0 bridgehead atoms. The Kier molecular flexibility index (Phi) is 6.34. The number of hydrogen-bond donors (Lipinski definition) is 2. The van der Waals surface area contributed by atoms with Crippen molar-refractivity contribution in [1.29, 1.82) is 0 Å². The molecule has 0 radical (unpaired) electrons. The van der Waals surface area contributed by atoms with E-state index in [1.807, 2.05) is 43.3 Å². The van der Waals surface area contributed by atoms with Gasteiger partial charge in [-0.3, -0.25) is 10.1 Å². The van der Waals surface area contributed by atoms with E-state index in [0.717, 1.165) is 5.75 Å². The molecule has 3 heterocycles. The summed E-state index contributed by atoms with van der Waals surface area (Å²) in [5.74, 6) is 1.80. The summed E-state index contributed by atoms with van der Waals surface area (Å²) in [7, 11) is 0. The highest BCUT2D eigenvalue weighted by Gasteiger charge is 2.30. The molecule has 1 aliphatic rings. The predicted octanol–water partition coefficient (Wildman–Crippen LogP) is 1.73. The molecule has 0 saturated carbocycles. The molecule has 3 aromatic rings. The molecule has 168 valence electrons. The maximum atomic E-state index is 12.4. The van der Waals surface area contributed by atoms with E-state index in [1.54, 1.807) is 16.5 Å². The number of hydrogen-bond acceptors (Lipinski definition) is 7. The van der Waals surface area contributed by atoms with E-state index in [0.29, 0.717) is 49.2 Å². The highest BCUT2D eigenvalue weighted by atomic mass is 16.5. The average Bonchev–Trinajstić information content (AvgIpc) is 3.44. The zero-order valence-corrected chi connectivity index (χ0v) is 17.9. The minimum Gasteiger partial charge on any atom is -0.492 e. The molecular formula is C21H25N7O4. The SMILES string of the molecule is Cc1cc(Cn2nnc(NC(=O)NC3CC(=O)N(CCOc4ccccc4)C3)c2C)no1. The van der Waals surface area contributed by atoms with Crippen molar-refractivity contribution in [2.24, 2.45) is 0 Å². The Bertz CT molecular complexity index is 1080. The highest BCUT2D eigenvalue weighted by Crippen LogP contribution is 2.15. The molecule has 0 spiro atoms. The van der Waals surface area contributed by atoms with Gasteiger partial charge in [0.2, 0.25) is 5.91 Å². The van der Waals surface area contributed by atoms with Crippen molar-refractivity contribution < 1.29 is 18.8 Å². The van der Waals surface area contributed by atoms with Gasteiger partial charge in [0.1, 0.15) is 23.8 Å². The fourth-order valence-corrected chi connectivity index (χ4v) is 3.48. The Morgan fingerprint density at radius 1 is 1.28 bits per heavy atom. The second-order valence-electron chi connectivity index (χ2n) is 7.61. The number of carbonyl (C=O) groups is 2. The monoisotopic (exact) mass is 439 g/mol. The van der Waals surface area contributed by atoms with Gasteiger partial charge in [0.15, 0.2) is 5.82 Å². The number of benzene rings is 1. The lowest BCUT2D eigenvalue weighted by Crippen LogP contribution is -2.40. The first-order chi connectivity index (χ1) is 15.5. The van der Waals surface area contributed by atoms with Gasteiger partial charge in [0.25, 0.3) is 0 Å². The van der Waals surface area contributed by atoms with E-state index in [1.165, 1.54) is 0 Å². The number of rotatable bonds is 8. The minimum atomic E-state index is -0.433. The van der Waals surface area contributed by atoms with Crippen molar-refractivity contribution in [2.45, 2.75) is 32.9 Å². The van der Waals surface area contributed by atoms with Gasteiger partial charge in [-0.2, -0.15) is 0 Å². The molecule has 2 aromatic heterocycles. The number of para-hydroxylation sites is 1. The van der Waals surface area contributed by atoms with E-state index in [9.17, 15) is 9.59 Å². The maximum Gasteiger partial charge on any atom is 0.320 e. The number of nitrogens with zero attached hydrogens (tertiary/aromatic N) is 5. The van der Waals surface area contributed by atoms with Crippen LogP contribution in [0.3, 0.4) is 0 Å². The first-order valence-electron chi connectivity index (χ1n) is 10.3. The Morgan fingerprint density at radius 2 is 2.09 bits per heavy atom. The Hall–Kier alpha value is -3.89. The van der Waals surface area contributed by atoms with Crippen molar-refractivity contribution in [3.63, 3.8) is 0 Å². The topological polar surface area (TPSA) is 127 Å². The predicted molar refractivity (Wildman–Crippen MR) is 114 cm³/mol. The fourth-order valence-electron chi connectivity index (χ4n) is 3.48. The Morgan fingerprint density at radius 3 is 2.84 bits per heavy atom. The van der Waals surface area contributed by atoms with Crippen LogP contribution in [0.25, 0.3) is 0 Å². The van der Waals surface area contributed by atoms with Crippen LogP contribution >= 0.6 is 0 Å². The van der Waals surface area contributed by atoms with Gasteiger partial charge in [-0.05, 0) is 26.0 Å². The molecule has 4 rings (SSSR count). The van der Waals surface area contributed by atoms with Crippen molar-refractivity contribution in [3.05, 3.63) is 53.5 Å². The molecule has 3 amide bonds. The lowest BCUT2D eigenvalue weighted by atomic mass is 10.2. The van der Waals surface area contributed by atoms with Crippen LogP contribution in [0.1, 0.15) is 23.6 Å². The number of nitrogens with one attached hydrogen (secondary N) is 2. The number of carbonyl (C=O) groups excluding carboxylic acids is 2. The first kappa shape index (κ1) is 21.3. The van der Waals surface area contributed by atoms with Gasteiger partial charge in [0, 0.05) is 19.0 Å². The molecular weight excluding hydrogens is 414 g/mol. The normalized spacial score (nSPS) is 15.8. The molecule has 32 heavy (non-hydrogen) atoms. The number of anilines is 1. The number of ether oxygens (including phenoxy) is 1. The highest BCUT2D eigenvalue weighted by molar-refractivity contribution is 5.90. The number of aromatic nitrogens is 4. The molecule has 1 unspecified atom stereocenters. The molecule has 1 saturated heterocycles. The van der Waals surface area contributed by atoms with Crippen LogP contribution in [-0.4, -0.2) is 62.7 Å². The van der Waals surface area contributed by atoms with Crippen molar-refractivity contribution in [1.82, 2.24) is 30.4 Å². The quantitative estimate of drug-likeness (QED) is 0.547. The van der Waals surface area contributed by atoms with Gasteiger partial charge in [-0.15, -0.1) is 5.10 Å². The largest absolute Gasteiger partial charge is 0.492 e. The fraction of sp³-hybridized carbons (Fsp3) is 0.381. The van der Waals surface area contributed by atoms with Crippen molar-refractivity contribution in [3.8, 4) is 5.75 Å². The summed E-state index contributed by atoms with van der Waals surface area (Å²) in [6, 6.07) is 10.5. The lowest BCUT2D eigenvalue weighted by Gasteiger charge is -2.17. The van der Waals surface area contributed by atoms with Crippen LogP contribution in [-0.2, 0) is 11.3 Å². The molecule has 11 heteroatoms. The number of aryl methyl sites for hydroxylation is 1. The van der Waals surface area contributed by atoms with Crippen LogP contribution in [0, 0.1) is 13.8 Å². The molecule has 11 nitrogen and oxygen atoms in total. The summed E-state index contributed by atoms with van der Waals surface area (Å²) >= 11 is 0. The van der Waals surface area contributed by atoms with E-state index in [4.69, 9.17) is 9.26 Å². The van der Waals surface area contributed by atoms with Crippen molar-refractivity contribution >= 4 is 17.8 Å². The number of likely N-dealkylation sites (tertiary alicyclic amines) is 1. The molecule has 2 N–H and O–H groups in total. The van der Waals surface area contributed by atoms with Crippen LogP contribution in [0.5, 0.6) is 5.75 Å². The van der Waals surface area contributed by atoms with E-state index >= 15 is 0 Å². The van der Waals surface area contributed by atoms with Crippen LogP contribution in [0.4, 0.5) is 10.6 Å². The van der Waals surface area contributed by atoms with Crippen LogP contribution in [0.2, 0.25) is 0 Å². The smallest absolute Gasteiger partial charge is 0.320 e. The zero-order chi connectivity index (χ0) is 22.5. The number of urea groups is 1. The Labute approximate surface area is 184 Å². The zero-order valence-electron chi connectivity index (χ0n) is 17.9. The summed E-state index contributed by atoms with van der Waals surface area (Å²) in [6.07, 6.45) is 0.246. The molecule has 1 aromatic carbocycles. The molecule has 0 aliphatic carbocycles. The van der Waals surface area contributed by atoms with Crippen LogP contribution in [0.15, 0.2) is 40.9 Å². The van der Waals surface area contributed by atoms with Crippen molar-refractivity contribution in [2.75, 3.05) is 25.0 Å². The lowest BCUT2D eigenvalue weighted by molar-refractivity contribution is -0.128.